The summed E-state index contributed by atoms with van der Waals surface area (Å²) < 4.78 is 0. The lowest BCUT2D eigenvalue weighted by Gasteiger charge is -2.19. The van der Waals surface area contributed by atoms with Crippen molar-refractivity contribution >= 4 is 5.91 Å². The van der Waals surface area contributed by atoms with E-state index in [1.807, 2.05) is 30.3 Å². The van der Waals surface area contributed by atoms with Crippen LogP contribution in [0.3, 0.4) is 0 Å². The zero-order valence-electron chi connectivity index (χ0n) is 11.3. The number of carbonyl (C=O) groups excluding carboxylic acids is 1. The third-order valence-corrected chi connectivity index (χ3v) is 3.05. The van der Waals surface area contributed by atoms with Gasteiger partial charge in [0.05, 0.1) is 12.6 Å². The number of aromatic nitrogens is 2. The van der Waals surface area contributed by atoms with E-state index in [0.29, 0.717) is 18.8 Å². The zero-order chi connectivity index (χ0) is 14.4. The minimum atomic E-state index is -0.669. The highest BCUT2D eigenvalue weighted by molar-refractivity contribution is 5.81. The van der Waals surface area contributed by atoms with Gasteiger partial charge >= 0.3 is 0 Å². The van der Waals surface area contributed by atoms with Gasteiger partial charge in [-0.05, 0) is 12.0 Å². The topological polar surface area (TPSA) is 72.8 Å². The van der Waals surface area contributed by atoms with Gasteiger partial charge in [0.2, 0.25) is 5.91 Å². The highest BCUT2D eigenvalue weighted by Crippen LogP contribution is 2.11. The number of hydrogen-bond donors (Lipinski definition) is 1. The first-order valence-corrected chi connectivity index (χ1v) is 6.37. The number of imidazole rings is 1. The smallest absolute Gasteiger partial charge is 0.240 e. The summed E-state index contributed by atoms with van der Waals surface area (Å²) in [5, 5.41) is 9.21. The van der Waals surface area contributed by atoms with Gasteiger partial charge in [0.1, 0.15) is 11.7 Å². The van der Waals surface area contributed by atoms with Crippen LogP contribution in [0.2, 0.25) is 0 Å². The highest BCUT2D eigenvalue weighted by atomic mass is 16.2. The van der Waals surface area contributed by atoms with E-state index in [-0.39, 0.29) is 5.91 Å². The molecule has 1 aromatic carbocycles. The fraction of sp³-hybridized carbons (Fsp3) is 0.267. The Balaban J connectivity index is 2.00. The first-order chi connectivity index (χ1) is 9.70. The molecule has 2 rings (SSSR count). The molecule has 0 radical (unpaired) electrons. The van der Waals surface area contributed by atoms with Gasteiger partial charge in [-0.15, -0.1) is 0 Å². The number of benzene rings is 1. The molecule has 1 atom stereocenters. The molecular formula is C15H16N4O. The van der Waals surface area contributed by atoms with E-state index < -0.39 is 5.92 Å². The van der Waals surface area contributed by atoms with Gasteiger partial charge in [-0.1, -0.05) is 30.3 Å². The van der Waals surface area contributed by atoms with Crippen molar-refractivity contribution in [2.24, 2.45) is 5.92 Å². The Morgan fingerprint density at radius 1 is 1.45 bits per heavy atom. The predicted octanol–water partition coefficient (Wildman–Crippen LogP) is 1.75. The minimum absolute atomic E-state index is 0.187. The highest BCUT2D eigenvalue weighted by Gasteiger charge is 2.22. The van der Waals surface area contributed by atoms with Gasteiger partial charge in [-0.3, -0.25) is 4.79 Å². The van der Waals surface area contributed by atoms with Gasteiger partial charge in [-0.2, -0.15) is 5.26 Å². The quantitative estimate of drug-likeness (QED) is 0.897. The number of nitrogens with one attached hydrogen (secondary N) is 1. The van der Waals surface area contributed by atoms with Gasteiger partial charge in [0, 0.05) is 19.4 Å². The monoisotopic (exact) mass is 268 g/mol. The van der Waals surface area contributed by atoms with Crippen LogP contribution in [0.1, 0.15) is 11.4 Å². The zero-order valence-corrected chi connectivity index (χ0v) is 11.3. The predicted molar refractivity (Wildman–Crippen MR) is 74.3 cm³/mol. The van der Waals surface area contributed by atoms with Crippen LogP contribution in [0.25, 0.3) is 0 Å². The van der Waals surface area contributed by atoms with Crippen molar-refractivity contribution in [3.8, 4) is 6.07 Å². The summed E-state index contributed by atoms with van der Waals surface area (Å²) in [6, 6.07) is 11.7. The van der Waals surface area contributed by atoms with E-state index in [1.165, 1.54) is 4.90 Å². The molecule has 0 bridgehead atoms. The first-order valence-electron chi connectivity index (χ1n) is 6.37. The Morgan fingerprint density at radius 3 is 2.80 bits per heavy atom. The number of carbonyl (C=O) groups is 1. The summed E-state index contributed by atoms with van der Waals surface area (Å²) in [6.07, 6.45) is 3.78. The standard InChI is InChI=1S/C15H16N4O/c1-19(11-14-17-7-8-18-14)15(20)13(10-16)9-12-5-3-2-4-6-12/h2-8,13H,9,11H2,1H3,(H,17,18). The Hall–Kier alpha value is -2.61. The SMILES string of the molecule is CN(Cc1ncc[nH]1)C(=O)C(C#N)Cc1ccccc1. The van der Waals surface area contributed by atoms with Gasteiger partial charge in [-0.25, -0.2) is 4.98 Å². The molecule has 1 heterocycles. The molecule has 0 saturated carbocycles. The van der Waals surface area contributed by atoms with Crippen molar-refractivity contribution < 1.29 is 4.79 Å². The van der Waals surface area contributed by atoms with Crippen LogP contribution in [0.5, 0.6) is 0 Å². The third-order valence-electron chi connectivity index (χ3n) is 3.05. The number of rotatable bonds is 5. The molecule has 20 heavy (non-hydrogen) atoms. The van der Waals surface area contributed by atoms with Gasteiger partial charge in [0.15, 0.2) is 0 Å². The Morgan fingerprint density at radius 2 is 2.20 bits per heavy atom. The second-order valence-electron chi connectivity index (χ2n) is 4.60. The van der Waals surface area contributed by atoms with Crippen molar-refractivity contribution in [2.45, 2.75) is 13.0 Å². The van der Waals surface area contributed by atoms with Crippen LogP contribution in [-0.4, -0.2) is 27.8 Å². The average molecular weight is 268 g/mol. The number of nitriles is 1. The van der Waals surface area contributed by atoms with E-state index >= 15 is 0 Å². The lowest BCUT2D eigenvalue weighted by Crippen LogP contribution is -2.33. The first kappa shape index (κ1) is 13.8. The Kier molecular flexibility index (Phi) is 4.51. The minimum Gasteiger partial charge on any atom is -0.347 e. The van der Waals surface area contributed by atoms with Crippen LogP contribution in [0, 0.1) is 17.2 Å². The van der Waals surface area contributed by atoms with Crippen LogP contribution >= 0.6 is 0 Å². The van der Waals surface area contributed by atoms with Crippen molar-refractivity contribution in [2.75, 3.05) is 7.05 Å². The van der Waals surface area contributed by atoms with Crippen molar-refractivity contribution in [3.05, 3.63) is 54.1 Å². The molecule has 102 valence electrons. The molecule has 1 unspecified atom stereocenters. The van der Waals surface area contributed by atoms with E-state index in [4.69, 9.17) is 0 Å². The third kappa shape index (κ3) is 3.45. The van der Waals surface area contributed by atoms with Crippen LogP contribution < -0.4 is 0 Å². The van der Waals surface area contributed by atoms with Crippen molar-refractivity contribution in [1.82, 2.24) is 14.9 Å². The number of hydrogen-bond acceptors (Lipinski definition) is 3. The second-order valence-corrected chi connectivity index (χ2v) is 4.60. The fourth-order valence-electron chi connectivity index (χ4n) is 1.99. The lowest BCUT2D eigenvalue weighted by molar-refractivity contribution is -0.133. The normalized spacial score (nSPS) is 11.6. The van der Waals surface area contributed by atoms with E-state index in [2.05, 4.69) is 16.0 Å². The summed E-state index contributed by atoms with van der Waals surface area (Å²) in [4.78, 5) is 20.8. The summed E-state index contributed by atoms with van der Waals surface area (Å²) in [7, 11) is 1.68. The molecule has 0 aliphatic heterocycles. The molecule has 0 saturated heterocycles. The molecule has 1 aromatic heterocycles. The molecule has 0 fully saturated rings. The van der Waals surface area contributed by atoms with Crippen LogP contribution in [0.15, 0.2) is 42.7 Å². The maximum Gasteiger partial charge on any atom is 0.240 e. The lowest BCUT2D eigenvalue weighted by atomic mass is 9.99. The maximum absolute atomic E-state index is 12.3. The maximum atomic E-state index is 12.3. The fourth-order valence-corrected chi connectivity index (χ4v) is 1.99. The van der Waals surface area contributed by atoms with E-state index in [9.17, 15) is 10.1 Å². The molecule has 5 nitrogen and oxygen atoms in total. The molecule has 0 spiro atoms. The van der Waals surface area contributed by atoms with E-state index in [0.717, 1.165) is 5.56 Å². The average Bonchev–Trinajstić information content (AvgIpc) is 2.98. The molecule has 0 aliphatic carbocycles. The number of aromatic amines is 1. The van der Waals surface area contributed by atoms with Crippen molar-refractivity contribution in [1.29, 1.82) is 5.26 Å². The summed E-state index contributed by atoms with van der Waals surface area (Å²) in [5.74, 6) is -0.151. The Labute approximate surface area is 117 Å². The van der Waals surface area contributed by atoms with Gasteiger partial charge < -0.3 is 9.88 Å². The Bertz CT molecular complexity index is 586. The molecule has 0 aliphatic rings. The number of nitrogens with zero attached hydrogens (tertiary/aromatic N) is 3. The summed E-state index contributed by atoms with van der Waals surface area (Å²) in [5.41, 5.74) is 0.985. The molecular weight excluding hydrogens is 252 g/mol. The molecule has 1 amide bonds. The van der Waals surface area contributed by atoms with Crippen LogP contribution in [-0.2, 0) is 17.8 Å². The van der Waals surface area contributed by atoms with E-state index in [1.54, 1.807) is 19.4 Å². The number of amides is 1. The second kappa shape index (κ2) is 6.53. The van der Waals surface area contributed by atoms with Gasteiger partial charge in [0.25, 0.3) is 0 Å². The molecule has 2 aromatic rings. The summed E-state index contributed by atoms with van der Waals surface area (Å²) >= 11 is 0. The number of H-pyrrole nitrogens is 1. The molecule has 5 heteroatoms. The molecule has 1 N–H and O–H groups in total. The van der Waals surface area contributed by atoms with Crippen molar-refractivity contribution in [3.63, 3.8) is 0 Å². The summed E-state index contributed by atoms with van der Waals surface area (Å²) in [6.45, 7) is 0.374. The largest absolute Gasteiger partial charge is 0.347 e. The van der Waals surface area contributed by atoms with Crippen LogP contribution in [0.4, 0.5) is 0 Å².